The Morgan fingerprint density at radius 2 is 2.10 bits per heavy atom. The molecule has 0 aliphatic carbocycles. The van der Waals surface area contributed by atoms with Crippen molar-refractivity contribution in [3.8, 4) is 0 Å². The van der Waals surface area contributed by atoms with E-state index >= 15 is 0 Å². The number of ether oxygens (including phenoxy) is 2. The van der Waals surface area contributed by atoms with Gasteiger partial charge in [-0.05, 0) is 25.3 Å². The lowest BCUT2D eigenvalue weighted by Gasteiger charge is -2.17. The highest BCUT2D eigenvalue weighted by atomic mass is 31.1. The number of H-pyrrole nitrogens is 1. The predicted octanol–water partition coefficient (Wildman–Crippen LogP) is -0.993. The molecule has 0 amide bonds. The van der Waals surface area contributed by atoms with Crippen molar-refractivity contribution in [3.63, 3.8) is 0 Å². The minimum atomic E-state index is -2.47. The van der Waals surface area contributed by atoms with Crippen molar-refractivity contribution in [2.45, 2.75) is 51.4 Å². The first-order chi connectivity index (χ1) is 13.6. The zero-order chi connectivity index (χ0) is 21.7. The van der Waals surface area contributed by atoms with Crippen LogP contribution >= 0.6 is 8.18 Å². The summed E-state index contributed by atoms with van der Waals surface area (Å²) in [4.78, 5) is 36.9. The molecule has 13 heteroatoms. The Bertz CT molecular complexity index is 839. The van der Waals surface area contributed by atoms with E-state index < -0.39 is 62.4 Å². The largest absolute Gasteiger partial charge is 0.613 e. The SMILES string of the molecule is CC(C)OC(=O)[C@H](C)N[P+](=O)OC[C@H]1O[C@@H](n2ccc(=O)[nH]c2=O)[C@H](O)[C@@H]1CO. The van der Waals surface area contributed by atoms with Crippen LogP contribution < -0.4 is 16.3 Å². The highest BCUT2D eigenvalue weighted by molar-refractivity contribution is 7.36. The Balaban J connectivity index is 1.98. The third-order valence-corrected chi connectivity index (χ3v) is 5.20. The van der Waals surface area contributed by atoms with Gasteiger partial charge in [0.25, 0.3) is 5.56 Å². The quantitative estimate of drug-likeness (QED) is 0.279. The zero-order valence-corrected chi connectivity index (χ0v) is 17.1. The minimum Gasteiger partial charge on any atom is -0.462 e. The molecule has 162 valence electrons. The second-order valence-corrected chi connectivity index (χ2v) is 7.84. The molecule has 1 aliphatic heterocycles. The third kappa shape index (κ3) is 6.01. The number of rotatable bonds is 9. The lowest BCUT2D eigenvalue weighted by atomic mass is 9.99. The lowest BCUT2D eigenvalue weighted by Crippen LogP contribution is -2.36. The van der Waals surface area contributed by atoms with Gasteiger partial charge in [0.15, 0.2) is 6.23 Å². The van der Waals surface area contributed by atoms with Crippen LogP contribution in [0.2, 0.25) is 0 Å². The molecule has 2 rings (SSSR count). The summed E-state index contributed by atoms with van der Waals surface area (Å²) < 4.78 is 28.8. The molecule has 0 spiro atoms. The van der Waals surface area contributed by atoms with Crippen LogP contribution in [-0.4, -0.2) is 63.3 Å². The average molecular weight is 434 g/mol. The number of aromatic nitrogens is 2. The van der Waals surface area contributed by atoms with E-state index in [1.54, 1.807) is 13.8 Å². The number of nitrogens with zero attached hydrogens (tertiary/aromatic N) is 1. The maximum atomic E-state index is 12.1. The van der Waals surface area contributed by atoms with Gasteiger partial charge in [-0.2, -0.15) is 0 Å². The van der Waals surface area contributed by atoms with Crippen molar-refractivity contribution in [2.24, 2.45) is 5.92 Å². The van der Waals surface area contributed by atoms with Gasteiger partial charge in [0.2, 0.25) is 0 Å². The van der Waals surface area contributed by atoms with Crippen LogP contribution in [0.3, 0.4) is 0 Å². The molecule has 2 heterocycles. The topological polar surface area (TPSA) is 169 Å². The summed E-state index contributed by atoms with van der Waals surface area (Å²) in [5.74, 6) is -1.42. The van der Waals surface area contributed by atoms with E-state index in [1.807, 2.05) is 4.98 Å². The molecule has 29 heavy (non-hydrogen) atoms. The highest BCUT2D eigenvalue weighted by Gasteiger charge is 2.46. The molecule has 0 bridgehead atoms. The molecule has 1 unspecified atom stereocenters. The van der Waals surface area contributed by atoms with Gasteiger partial charge in [0.05, 0.1) is 18.8 Å². The number of aromatic amines is 1. The van der Waals surface area contributed by atoms with Crippen molar-refractivity contribution in [1.29, 1.82) is 0 Å². The Kier molecular flexibility index (Phi) is 8.20. The van der Waals surface area contributed by atoms with Crippen LogP contribution in [0.1, 0.15) is 27.0 Å². The van der Waals surface area contributed by atoms with E-state index in [9.17, 15) is 29.2 Å². The van der Waals surface area contributed by atoms with Crippen molar-refractivity contribution < 1.29 is 33.6 Å². The first-order valence-electron chi connectivity index (χ1n) is 8.96. The Labute approximate surface area is 166 Å². The van der Waals surface area contributed by atoms with Crippen molar-refractivity contribution >= 4 is 14.1 Å². The van der Waals surface area contributed by atoms with E-state index in [-0.39, 0.29) is 12.7 Å². The number of carbonyl (C=O) groups excluding carboxylic acids is 1. The van der Waals surface area contributed by atoms with Crippen LogP contribution in [-0.2, 0) is 23.4 Å². The van der Waals surface area contributed by atoms with E-state index in [1.165, 1.54) is 6.92 Å². The summed E-state index contributed by atoms with van der Waals surface area (Å²) in [7, 11) is -2.47. The fraction of sp³-hybridized carbons (Fsp3) is 0.688. The Hall–Kier alpha value is -1.95. The molecule has 1 aliphatic rings. The molecule has 1 saturated heterocycles. The Morgan fingerprint density at radius 1 is 1.41 bits per heavy atom. The van der Waals surface area contributed by atoms with Gasteiger partial charge in [-0.1, -0.05) is 5.09 Å². The van der Waals surface area contributed by atoms with E-state index in [0.29, 0.717) is 0 Å². The summed E-state index contributed by atoms with van der Waals surface area (Å²) in [6.07, 6.45) is -2.49. The minimum absolute atomic E-state index is 0.287. The summed E-state index contributed by atoms with van der Waals surface area (Å²) in [5, 5.41) is 22.4. The molecule has 0 aromatic carbocycles. The predicted molar refractivity (Wildman–Crippen MR) is 99.2 cm³/mol. The molecule has 1 aromatic heterocycles. The maximum Gasteiger partial charge on any atom is 0.613 e. The normalized spacial score (nSPS) is 25.8. The van der Waals surface area contributed by atoms with Crippen LogP contribution in [0.15, 0.2) is 21.9 Å². The number of hydrogen-bond acceptors (Lipinski definition) is 9. The number of esters is 1. The first kappa shape index (κ1) is 23.3. The molecule has 6 atom stereocenters. The smallest absolute Gasteiger partial charge is 0.462 e. The zero-order valence-electron chi connectivity index (χ0n) is 16.2. The molecule has 12 nitrogen and oxygen atoms in total. The molecular weight excluding hydrogens is 409 g/mol. The number of aliphatic hydroxyl groups excluding tert-OH is 2. The molecule has 4 N–H and O–H groups in total. The third-order valence-electron chi connectivity index (χ3n) is 4.22. The number of hydrogen-bond donors (Lipinski definition) is 4. The summed E-state index contributed by atoms with van der Waals surface area (Å²) in [6.45, 7) is 4.06. The standard InChI is InChI=1S/C16H24N3O9P/c1-8(2)27-15(23)9(3)18-29(25)26-7-11-10(6-20)13(22)14(28-11)19-5-4-12(21)17-16(19)24/h4-5,8-11,13-14,20,22H,6-7H2,1-3H3,(H-,17,18,21,24,25)/p+1/t9-,10+,11+,13+,14+/m0/s1. The van der Waals surface area contributed by atoms with E-state index in [2.05, 4.69) is 5.09 Å². The summed E-state index contributed by atoms with van der Waals surface area (Å²) >= 11 is 0. The number of nitrogens with one attached hydrogen (secondary N) is 2. The van der Waals surface area contributed by atoms with Crippen molar-refractivity contribution in [3.05, 3.63) is 33.1 Å². The van der Waals surface area contributed by atoms with E-state index in [0.717, 1.165) is 16.8 Å². The first-order valence-corrected chi connectivity index (χ1v) is 10.1. The molecule has 1 fully saturated rings. The van der Waals surface area contributed by atoms with Gasteiger partial charge in [-0.15, -0.1) is 4.52 Å². The van der Waals surface area contributed by atoms with Crippen LogP contribution in [0.4, 0.5) is 0 Å². The second-order valence-electron chi connectivity index (χ2n) is 6.81. The average Bonchev–Trinajstić information content (AvgIpc) is 2.94. The highest BCUT2D eigenvalue weighted by Crippen LogP contribution is 2.34. The maximum absolute atomic E-state index is 12.1. The monoisotopic (exact) mass is 434 g/mol. The summed E-state index contributed by atoms with van der Waals surface area (Å²) in [6, 6.07) is 0.213. The van der Waals surface area contributed by atoms with Crippen LogP contribution in [0.25, 0.3) is 0 Å². The van der Waals surface area contributed by atoms with Gasteiger partial charge in [-0.3, -0.25) is 19.1 Å². The second kappa shape index (κ2) is 10.2. The number of carbonyl (C=O) groups is 1. The van der Waals surface area contributed by atoms with Crippen molar-refractivity contribution in [2.75, 3.05) is 13.2 Å². The van der Waals surface area contributed by atoms with Gasteiger partial charge < -0.3 is 19.7 Å². The molecule has 0 saturated carbocycles. The van der Waals surface area contributed by atoms with E-state index in [4.69, 9.17) is 14.0 Å². The Morgan fingerprint density at radius 3 is 2.69 bits per heavy atom. The molecule has 0 radical (unpaired) electrons. The van der Waals surface area contributed by atoms with Gasteiger partial charge in [0.1, 0.15) is 18.8 Å². The van der Waals surface area contributed by atoms with Gasteiger partial charge in [-0.25, -0.2) is 4.79 Å². The van der Waals surface area contributed by atoms with Crippen LogP contribution in [0.5, 0.6) is 0 Å². The molecular formula is C16H25N3O9P+. The molecule has 1 aromatic rings. The fourth-order valence-electron chi connectivity index (χ4n) is 2.76. The van der Waals surface area contributed by atoms with Gasteiger partial charge in [0, 0.05) is 18.2 Å². The van der Waals surface area contributed by atoms with Crippen LogP contribution in [0, 0.1) is 5.92 Å². The number of aliphatic hydroxyl groups is 2. The lowest BCUT2D eigenvalue weighted by molar-refractivity contribution is -0.149. The fourth-order valence-corrected chi connectivity index (χ4v) is 3.54. The van der Waals surface area contributed by atoms with Gasteiger partial charge >= 0.3 is 19.8 Å². The summed E-state index contributed by atoms with van der Waals surface area (Å²) in [5.41, 5.74) is -1.39. The van der Waals surface area contributed by atoms with Crippen molar-refractivity contribution in [1.82, 2.24) is 14.6 Å².